The van der Waals surface area contributed by atoms with Gasteiger partial charge in [0.1, 0.15) is 0 Å². The number of thiocarbonyl (C=S) groups is 1. The number of amides is 3. The van der Waals surface area contributed by atoms with E-state index >= 15 is 0 Å². The molecule has 6 rings (SSSR count). The van der Waals surface area contributed by atoms with Crippen LogP contribution < -0.4 is 5.43 Å². The number of nitriles is 1. The summed E-state index contributed by atoms with van der Waals surface area (Å²) >= 11 is 6.24. The second-order valence-corrected chi connectivity index (χ2v) is 9.38. The zero-order chi connectivity index (χ0) is 21.9. The lowest BCUT2D eigenvalue weighted by atomic mass is 9.53. The normalized spacial score (nSPS) is 26.1. The highest BCUT2D eigenvalue weighted by Gasteiger charge is 2.59. The van der Waals surface area contributed by atoms with Crippen LogP contribution in [0, 0.1) is 29.1 Å². The van der Waals surface area contributed by atoms with Crippen LogP contribution in [0.2, 0.25) is 0 Å². The zero-order valence-electron chi connectivity index (χ0n) is 16.4. The summed E-state index contributed by atoms with van der Waals surface area (Å²) in [4.78, 5) is 39.9. The van der Waals surface area contributed by atoms with Gasteiger partial charge in [0.15, 0.2) is 5.92 Å². The first kappa shape index (κ1) is 19.9. The molecule has 1 aliphatic heterocycles. The molecular weight excluding hydrogens is 430 g/mol. The molecule has 4 aliphatic rings. The molecule has 3 atom stereocenters. The number of hydrazine groups is 1. The van der Waals surface area contributed by atoms with Crippen molar-refractivity contribution in [2.24, 2.45) is 17.8 Å². The minimum atomic E-state index is -1.29. The Morgan fingerprint density at radius 2 is 1.52 bits per heavy atom. The monoisotopic (exact) mass is 447 g/mol. The summed E-state index contributed by atoms with van der Waals surface area (Å²) in [5.74, 6) is -4.88. The third-order valence-electron chi connectivity index (χ3n) is 6.50. The molecule has 6 nitrogen and oxygen atoms in total. The summed E-state index contributed by atoms with van der Waals surface area (Å²) in [6, 6.07) is 17.6. The average molecular weight is 448 g/mol. The van der Waals surface area contributed by atoms with E-state index in [9.17, 15) is 19.6 Å². The minimum absolute atomic E-state index is 0.164. The minimum Gasteiger partial charge on any atom is -0.273 e. The number of nitrogens with zero attached hydrogens (tertiary/aromatic N) is 2. The van der Waals surface area contributed by atoms with Crippen LogP contribution in [0.25, 0.3) is 0 Å². The van der Waals surface area contributed by atoms with E-state index in [4.69, 9.17) is 12.2 Å². The molecule has 0 radical (unpaired) electrons. The van der Waals surface area contributed by atoms with Crippen LogP contribution >= 0.6 is 24.0 Å². The second-order valence-electron chi connectivity index (χ2n) is 7.84. The van der Waals surface area contributed by atoms with Crippen LogP contribution in [-0.4, -0.2) is 33.2 Å². The number of thioether (sulfide) groups is 1. The molecular formula is C23H17N3O3S2. The van der Waals surface area contributed by atoms with Gasteiger partial charge in [0.2, 0.25) is 5.91 Å². The summed E-state index contributed by atoms with van der Waals surface area (Å²) in [6.45, 7) is 0. The predicted octanol–water partition coefficient (Wildman–Crippen LogP) is 2.74. The highest BCUT2D eigenvalue weighted by Crippen LogP contribution is 2.59. The topological polar surface area (TPSA) is 90.3 Å². The molecule has 1 saturated heterocycles. The molecule has 1 heterocycles. The lowest BCUT2D eigenvalue weighted by Crippen LogP contribution is -2.66. The second kappa shape index (κ2) is 7.29. The Bertz CT molecular complexity index is 1160. The van der Waals surface area contributed by atoms with Crippen molar-refractivity contribution in [1.82, 2.24) is 10.4 Å². The van der Waals surface area contributed by atoms with Crippen LogP contribution in [-0.2, 0) is 14.4 Å². The summed E-state index contributed by atoms with van der Waals surface area (Å²) in [7, 11) is 0. The Labute approximate surface area is 188 Å². The van der Waals surface area contributed by atoms with Crippen molar-refractivity contribution in [2.75, 3.05) is 6.26 Å². The Morgan fingerprint density at radius 1 is 1.03 bits per heavy atom. The van der Waals surface area contributed by atoms with E-state index in [1.54, 1.807) is 6.26 Å². The lowest BCUT2D eigenvalue weighted by Gasteiger charge is -2.52. The summed E-state index contributed by atoms with van der Waals surface area (Å²) < 4.78 is 0.164. The van der Waals surface area contributed by atoms with Gasteiger partial charge < -0.3 is 0 Å². The van der Waals surface area contributed by atoms with Crippen LogP contribution in [0.1, 0.15) is 34.1 Å². The first-order chi connectivity index (χ1) is 15.0. The molecule has 3 amide bonds. The van der Waals surface area contributed by atoms with Gasteiger partial charge in [-0.25, -0.2) is 0 Å². The standard InChI is InChI=1S/C23H17N3O3S2/c1-31-23(30)15(10-24)21(28)26-22(29)19-17-13-8-4-2-6-11(13)16(18(19)20(27)25-26)12-7-3-5-9-14(12)17/h2-9,15-19H,1H3,(H,25,27). The van der Waals surface area contributed by atoms with Crippen molar-refractivity contribution in [3.05, 3.63) is 70.8 Å². The Balaban J connectivity index is 1.63. The van der Waals surface area contributed by atoms with E-state index in [1.165, 1.54) is 0 Å². The number of imide groups is 1. The summed E-state index contributed by atoms with van der Waals surface area (Å²) in [5, 5.41) is 10.2. The smallest absolute Gasteiger partial charge is 0.271 e. The highest BCUT2D eigenvalue weighted by atomic mass is 32.2. The zero-order valence-corrected chi connectivity index (χ0v) is 18.1. The van der Waals surface area contributed by atoms with Gasteiger partial charge in [-0.15, -0.1) is 11.8 Å². The third-order valence-corrected chi connectivity index (χ3v) is 7.87. The molecule has 8 heteroatoms. The van der Waals surface area contributed by atoms with Crippen LogP contribution in [0.4, 0.5) is 0 Å². The fraction of sp³-hybridized carbons (Fsp3) is 0.261. The largest absolute Gasteiger partial charge is 0.273 e. The van der Waals surface area contributed by atoms with E-state index in [0.717, 1.165) is 39.0 Å². The van der Waals surface area contributed by atoms with Crippen molar-refractivity contribution in [3.63, 3.8) is 0 Å². The third kappa shape index (κ3) is 2.70. The number of nitrogens with one attached hydrogen (secondary N) is 1. The molecule has 0 aromatic heterocycles. The molecule has 2 bridgehead atoms. The summed E-state index contributed by atoms with van der Waals surface area (Å²) in [5.41, 5.74) is 6.61. The fourth-order valence-electron chi connectivity index (χ4n) is 5.30. The molecule has 0 saturated carbocycles. The first-order valence-electron chi connectivity index (χ1n) is 9.83. The van der Waals surface area contributed by atoms with Crippen molar-refractivity contribution < 1.29 is 14.4 Å². The number of carbonyl (C=O) groups excluding carboxylic acids is 3. The maximum absolute atomic E-state index is 13.6. The lowest BCUT2D eigenvalue weighted by molar-refractivity contribution is -0.167. The van der Waals surface area contributed by atoms with Crippen LogP contribution in [0.15, 0.2) is 48.5 Å². The number of rotatable bonds is 2. The molecule has 3 unspecified atom stereocenters. The van der Waals surface area contributed by atoms with Crippen LogP contribution in [0.3, 0.4) is 0 Å². The van der Waals surface area contributed by atoms with E-state index in [2.05, 4.69) is 5.43 Å². The Hall–Kier alpha value is -3.02. The molecule has 3 aliphatic carbocycles. The first-order valence-corrected chi connectivity index (χ1v) is 11.5. The van der Waals surface area contributed by atoms with Gasteiger partial charge in [-0.1, -0.05) is 60.7 Å². The van der Waals surface area contributed by atoms with Gasteiger partial charge in [0.05, 0.1) is 22.1 Å². The maximum atomic E-state index is 13.6. The predicted molar refractivity (Wildman–Crippen MR) is 119 cm³/mol. The number of carbonyl (C=O) groups is 3. The molecule has 2 aromatic rings. The van der Waals surface area contributed by atoms with Crippen molar-refractivity contribution >= 4 is 45.9 Å². The summed E-state index contributed by atoms with van der Waals surface area (Å²) in [6.07, 6.45) is 1.67. The molecule has 154 valence electrons. The number of hydrogen-bond donors (Lipinski definition) is 1. The van der Waals surface area contributed by atoms with Gasteiger partial charge >= 0.3 is 0 Å². The van der Waals surface area contributed by atoms with Crippen molar-refractivity contribution in [1.29, 1.82) is 5.26 Å². The van der Waals surface area contributed by atoms with Gasteiger partial charge in [0, 0.05) is 11.8 Å². The molecule has 1 N–H and O–H groups in total. The Morgan fingerprint density at radius 3 is 1.97 bits per heavy atom. The maximum Gasteiger partial charge on any atom is 0.271 e. The fourth-order valence-corrected chi connectivity index (χ4v) is 5.84. The number of benzene rings is 2. The Kier molecular flexibility index (Phi) is 4.68. The highest BCUT2D eigenvalue weighted by molar-refractivity contribution is 8.22. The molecule has 2 aromatic carbocycles. The average Bonchev–Trinajstić information content (AvgIpc) is 2.81. The molecule has 0 spiro atoms. The van der Waals surface area contributed by atoms with Gasteiger partial charge in [-0.05, 0) is 28.5 Å². The van der Waals surface area contributed by atoms with E-state index < -0.39 is 29.6 Å². The van der Waals surface area contributed by atoms with Crippen molar-refractivity contribution in [3.8, 4) is 6.07 Å². The molecule has 31 heavy (non-hydrogen) atoms. The van der Waals surface area contributed by atoms with Gasteiger partial charge in [-0.2, -0.15) is 10.3 Å². The van der Waals surface area contributed by atoms with Crippen molar-refractivity contribution in [2.45, 2.75) is 11.8 Å². The van der Waals surface area contributed by atoms with E-state index in [-0.39, 0.29) is 21.9 Å². The van der Waals surface area contributed by atoms with E-state index in [1.807, 2.05) is 54.6 Å². The van der Waals surface area contributed by atoms with Gasteiger partial charge in [-0.3, -0.25) is 19.8 Å². The molecule has 1 fully saturated rings. The number of hydrogen-bond acceptors (Lipinski definition) is 6. The SMILES string of the molecule is CSC(=S)C(C#N)C(=O)N1NC(=O)C2C3c4ccccc4C(c4ccccc43)C2C1=O. The van der Waals surface area contributed by atoms with Crippen LogP contribution in [0.5, 0.6) is 0 Å². The van der Waals surface area contributed by atoms with Gasteiger partial charge in [0.25, 0.3) is 11.8 Å². The quantitative estimate of drug-likeness (QED) is 0.712. The van der Waals surface area contributed by atoms with E-state index in [0.29, 0.717) is 0 Å².